The Balaban J connectivity index is 2.46. The minimum absolute atomic E-state index is 0.00304. The third-order valence-electron chi connectivity index (χ3n) is 2.32. The smallest absolute Gasteiger partial charge is 0.191 e. The summed E-state index contributed by atoms with van der Waals surface area (Å²) in [6, 6.07) is 3.15. The highest BCUT2D eigenvalue weighted by atomic mass is 35.5. The Morgan fingerprint density at radius 3 is 2.48 bits per heavy atom. The van der Waals surface area contributed by atoms with Gasteiger partial charge in [-0.1, -0.05) is 34.8 Å². The van der Waals surface area contributed by atoms with Crippen LogP contribution in [0, 0.1) is 0 Å². The number of nitrogens with zero attached hydrogens (tertiary/aromatic N) is 1. The zero-order valence-corrected chi connectivity index (χ0v) is 13.9. The van der Waals surface area contributed by atoms with E-state index in [9.17, 15) is 0 Å². The van der Waals surface area contributed by atoms with Crippen molar-refractivity contribution in [3.63, 3.8) is 0 Å². The van der Waals surface area contributed by atoms with Crippen molar-refractivity contribution in [1.82, 2.24) is 10.6 Å². The third-order valence-corrected chi connectivity index (χ3v) is 3.10. The average Bonchev–Trinajstić information content (AvgIpc) is 2.42. The minimum atomic E-state index is 0.00304. The van der Waals surface area contributed by atoms with Crippen LogP contribution in [-0.4, -0.2) is 43.9 Å². The zero-order chi connectivity index (χ0) is 15.7. The SMILES string of the molecule is CCNC(=NCCO)NCCOc1c(Cl)cc(Cl)cc1Cl. The van der Waals surface area contributed by atoms with Crippen LogP contribution in [-0.2, 0) is 0 Å². The molecule has 0 spiro atoms. The van der Waals surface area contributed by atoms with Gasteiger partial charge >= 0.3 is 0 Å². The largest absolute Gasteiger partial charge is 0.489 e. The van der Waals surface area contributed by atoms with Crippen LogP contribution >= 0.6 is 34.8 Å². The van der Waals surface area contributed by atoms with Gasteiger partial charge in [-0.25, -0.2) is 0 Å². The van der Waals surface area contributed by atoms with Crippen molar-refractivity contribution in [3.05, 3.63) is 27.2 Å². The van der Waals surface area contributed by atoms with E-state index in [2.05, 4.69) is 15.6 Å². The highest BCUT2D eigenvalue weighted by molar-refractivity contribution is 6.40. The monoisotopic (exact) mass is 353 g/mol. The molecule has 0 aliphatic carbocycles. The molecule has 21 heavy (non-hydrogen) atoms. The molecule has 1 aromatic carbocycles. The number of aliphatic imine (C=N–C) groups is 1. The fourth-order valence-electron chi connectivity index (χ4n) is 1.49. The summed E-state index contributed by atoms with van der Waals surface area (Å²) in [6.45, 7) is 3.89. The molecule has 1 rings (SSSR count). The van der Waals surface area contributed by atoms with E-state index in [1.165, 1.54) is 0 Å². The van der Waals surface area contributed by atoms with Crippen molar-refractivity contribution >= 4 is 40.8 Å². The molecule has 3 N–H and O–H groups in total. The molecule has 8 heteroatoms. The fourth-order valence-corrected chi connectivity index (χ4v) is 2.42. The molecule has 0 amide bonds. The van der Waals surface area contributed by atoms with Gasteiger partial charge in [0, 0.05) is 11.6 Å². The van der Waals surface area contributed by atoms with Crippen LogP contribution in [0.15, 0.2) is 17.1 Å². The van der Waals surface area contributed by atoms with Crippen LogP contribution in [0.4, 0.5) is 0 Å². The number of guanidine groups is 1. The average molecular weight is 355 g/mol. The van der Waals surface area contributed by atoms with Gasteiger partial charge in [-0.15, -0.1) is 0 Å². The molecule has 5 nitrogen and oxygen atoms in total. The number of rotatable bonds is 7. The van der Waals surface area contributed by atoms with E-state index < -0.39 is 0 Å². The van der Waals surface area contributed by atoms with Crippen LogP contribution < -0.4 is 15.4 Å². The van der Waals surface area contributed by atoms with Crippen molar-refractivity contribution in [2.45, 2.75) is 6.92 Å². The molecular weight excluding hydrogens is 337 g/mol. The van der Waals surface area contributed by atoms with Crippen LogP contribution in [0.2, 0.25) is 15.1 Å². The summed E-state index contributed by atoms with van der Waals surface area (Å²) in [5, 5.41) is 16.1. The summed E-state index contributed by atoms with van der Waals surface area (Å²) < 4.78 is 5.54. The molecule has 0 heterocycles. The first kappa shape index (κ1) is 18.2. The Bertz CT molecular complexity index is 461. The second-order valence-electron chi connectivity index (χ2n) is 3.96. The lowest BCUT2D eigenvalue weighted by Crippen LogP contribution is -2.39. The van der Waals surface area contributed by atoms with Gasteiger partial charge in [-0.2, -0.15) is 0 Å². The second kappa shape index (κ2) is 9.95. The van der Waals surface area contributed by atoms with Crippen LogP contribution in [0.25, 0.3) is 0 Å². The molecule has 0 aliphatic rings. The van der Waals surface area contributed by atoms with Gasteiger partial charge in [0.05, 0.1) is 29.7 Å². The first-order valence-corrected chi connectivity index (χ1v) is 7.62. The van der Waals surface area contributed by atoms with Gasteiger partial charge < -0.3 is 20.5 Å². The van der Waals surface area contributed by atoms with Gasteiger partial charge in [-0.3, -0.25) is 4.99 Å². The molecule has 0 fully saturated rings. The number of nitrogens with one attached hydrogen (secondary N) is 2. The quantitative estimate of drug-likeness (QED) is 0.400. The zero-order valence-electron chi connectivity index (χ0n) is 11.6. The molecule has 118 valence electrons. The lowest BCUT2D eigenvalue weighted by atomic mass is 10.3. The minimum Gasteiger partial charge on any atom is -0.489 e. The van der Waals surface area contributed by atoms with Crippen molar-refractivity contribution in [2.24, 2.45) is 4.99 Å². The molecule has 0 aromatic heterocycles. The third kappa shape index (κ3) is 6.61. The summed E-state index contributed by atoms with van der Waals surface area (Å²) in [6.07, 6.45) is 0. The second-order valence-corrected chi connectivity index (χ2v) is 5.21. The fraction of sp³-hybridized carbons (Fsp3) is 0.462. The van der Waals surface area contributed by atoms with Crippen LogP contribution in [0.1, 0.15) is 6.92 Å². The number of benzene rings is 1. The summed E-state index contributed by atoms with van der Waals surface area (Å²) in [5.74, 6) is 1.02. The normalized spacial score (nSPS) is 11.4. The number of aliphatic hydroxyl groups excluding tert-OH is 1. The number of aliphatic hydroxyl groups is 1. The Morgan fingerprint density at radius 2 is 1.90 bits per heavy atom. The molecule has 1 aromatic rings. The van der Waals surface area contributed by atoms with Crippen molar-refractivity contribution in [1.29, 1.82) is 0 Å². The van der Waals surface area contributed by atoms with Crippen molar-refractivity contribution < 1.29 is 9.84 Å². The maximum absolute atomic E-state index is 8.76. The van der Waals surface area contributed by atoms with E-state index >= 15 is 0 Å². The first-order valence-electron chi connectivity index (χ1n) is 6.48. The molecule has 0 radical (unpaired) electrons. The van der Waals surface area contributed by atoms with E-state index in [4.69, 9.17) is 44.6 Å². The van der Waals surface area contributed by atoms with Gasteiger partial charge in [0.2, 0.25) is 0 Å². The van der Waals surface area contributed by atoms with Crippen LogP contribution in [0.3, 0.4) is 0 Å². The maximum atomic E-state index is 8.76. The predicted molar refractivity (Wildman–Crippen MR) is 88.0 cm³/mol. The standard InChI is InChI=1S/C13H18Cl3N3O2/c1-2-17-13(18-3-5-20)19-4-6-21-12-10(15)7-9(14)8-11(12)16/h7-8,20H,2-6H2,1H3,(H2,17,18,19). The number of ether oxygens (including phenoxy) is 1. The Labute approximate surface area is 139 Å². The van der Waals surface area contributed by atoms with Gasteiger partial charge in [0.25, 0.3) is 0 Å². The van der Waals surface area contributed by atoms with E-state index in [1.807, 2.05) is 6.92 Å². The lowest BCUT2D eigenvalue weighted by molar-refractivity contribution is 0.306. The van der Waals surface area contributed by atoms with Gasteiger partial charge in [-0.05, 0) is 19.1 Å². The maximum Gasteiger partial charge on any atom is 0.191 e. The molecule has 0 bridgehead atoms. The molecule has 0 saturated heterocycles. The van der Waals surface area contributed by atoms with E-state index in [1.54, 1.807) is 12.1 Å². The van der Waals surface area contributed by atoms with Crippen molar-refractivity contribution in [2.75, 3.05) is 32.8 Å². The van der Waals surface area contributed by atoms with E-state index in [0.717, 1.165) is 6.54 Å². The lowest BCUT2D eigenvalue weighted by Gasteiger charge is -2.13. The highest BCUT2D eigenvalue weighted by Crippen LogP contribution is 2.35. The topological polar surface area (TPSA) is 65.9 Å². The predicted octanol–water partition coefficient (Wildman–Crippen LogP) is 2.57. The molecule has 0 aliphatic heterocycles. The number of hydrogen-bond acceptors (Lipinski definition) is 3. The summed E-state index contributed by atoms with van der Waals surface area (Å²) in [5.41, 5.74) is 0. The van der Waals surface area contributed by atoms with E-state index in [0.29, 0.717) is 46.5 Å². The molecular formula is C13H18Cl3N3O2. The van der Waals surface area contributed by atoms with Gasteiger partial charge in [0.15, 0.2) is 11.7 Å². The Kier molecular flexibility index (Phi) is 8.61. The number of halogens is 3. The Hall–Kier alpha value is -0.880. The molecule has 0 unspecified atom stereocenters. The van der Waals surface area contributed by atoms with Crippen LogP contribution in [0.5, 0.6) is 5.75 Å². The summed E-state index contributed by atoms with van der Waals surface area (Å²) in [7, 11) is 0. The highest BCUT2D eigenvalue weighted by Gasteiger charge is 2.09. The number of hydrogen-bond donors (Lipinski definition) is 3. The summed E-state index contributed by atoms with van der Waals surface area (Å²) >= 11 is 17.9. The van der Waals surface area contributed by atoms with Crippen molar-refractivity contribution in [3.8, 4) is 5.75 Å². The van der Waals surface area contributed by atoms with E-state index in [-0.39, 0.29) is 6.61 Å². The Morgan fingerprint density at radius 1 is 1.24 bits per heavy atom. The van der Waals surface area contributed by atoms with Gasteiger partial charge in [0.1, 0.15) is 6.61 Å². The first-order chi connectivity index (χ1) is 10.1. The molecule has 0 atom stereocenters. The summed E-state index contributed by atoms with van der Waals surface area (Å²) in [4.78, 5) is 4.14. The molecule has 0 saturated carbocycles.